The van der Waals surface area contributed by atoms with Gasteiger partial charge in [-0.1, -0.05) is 18.2 Å². The summed E-state index contributed by atoms with van der Waals surface area (Å²) in [5.74, 6) is -1.64. The van der Waals surface area contributed by atoms with Crippen LogP contribution in [0.5, 0.6) is 0 Å². The molecule has 94 valence electrons. The van der Waals surface area contributed by atoms with Crippen LogP contribution >= 0.6 is 0 Å². The van der Waals surface area contributed by atoms with Crippen LogP contribution < -0.4 is 0 Å². The minimum atomic E-state index is -0.557. The van der Waals surface area contributed by atoms with Crippen LogP contribution in [0.1, 0.15) is 33.2 Å². The molecule has 0 aromatic heterocycles. The molecule has 4 heteroatoms. The van der Waals surface area contributed by atoms with Gasteiger partial charge in [0.05, 0.1) is 0 Å². The molecule has 0 atom stereocenters. The third-order valence-corrected chi connectivity index (χ3v) is 3.44. The molecule has 0 bridgehead atoms. The number of aryl methyl sites for hydroxylation is 1. The predicted octanol–water partition coefficient (Wildman–Crippen LogP) is 2.29. The second-order valence-electron chi connectivity index (χ2n) is 4.62. The van der Waals surface area contributed by atoms with Crippen molar-refractivity contribution in [3.63, 3.8) is 0 Å². The van der Waals surface area contributed by atoms with Crippen LogP contribution in [0.25, 0.3) is 10.8 Å². The van der Waals surface area contributed by atoms with E-state index in [0.717, 1.165) is 10.9 Å². The van der Waals surface area contributed by atoms with E-state index >= 15 is 0 Å². The van der Waals surface area contributed by atoms with Crippen LogP contribution in [0.3, 0.4) is 0 Å². The van der Waals surface area contributed by atoms with Gasteiger partial charge >= 0.3 is 0 Å². The first kappa shape index (κ1) is 11.6. The summed E-state index contributed by atoms with van der Waals surface area (Å²) in [6, 6.07) is 8.79. The van der Waals surface area contributed by atoms with Gasteiger partial charge in [0, 0.05) is 23.4 Å². The van der Waals surface area contributed by atoms with Gasteiger partial charge in [0.2, 0.25) is 5.91 Å². The van der Waals surface area contributed by atoms with Crippen LogP contribution in [-0.4, -0.2) is 22.6 Å². The Labute approximate surface area is 109 Å². The smallest absolute Gasteiger partial charge is 0.268 e. The summed E-state index contributed by atoms with van der Waals surface area (Å²) in [7, 11) is 0. The Hall–Kier alpha value is -2.49. The molecule has 1 aliphatic rings. The Balaban J connectivity index is 2.45. The molecule has 0 unspecified atom stereocenters. The Kier molecular flexibility index (Phi) is 2.29. The van der Waals surface area contributed by atoms with E-state index in [4.69, 9.17) is 0 Å². The molecule has 3 rings (SSSR count). The molecular weight excluding hydrogens is 242 g/mol. The third-order valence-electron chi connectivity index (χ3n) is 3.44. The van der Waals surface area contributed by atoms with E-state index in [-0.39, 0.29) is 0 Å². The Morgan fingerprint density at radius 1 is 1.00 bits per heavy atom. The lowest BCUT2D eigenvalue weighted by molar-refractivity contribution is -0.124. The standard InChI is InChI=1S/C15H11NO3/c1-8-6-7-12-13-10(8)4-3-5-11(13)14(18)16(9(2)17)15(12)19/h3-7H,1-2H3. The van der Waals surface area contributed by atoms with E-state index in [9.17, 15) is 14.4 Å². The number of hydrogen-bond donors (Lipinski definition) is 0. The van der Waals surface area contributed by atoms with Crippen LogP contribution in [0.4, 0.5) is 0 Å². The summed E-state index contributed by atoms with van der Waals surface area (Å²) in [5.41, 5.74) is 1.81. The van der Waals surface area contributed by atoms with Crippen molar-refractivity contribution in [3.05, 3.63) is 47.0 Å². The largest absolute Gasteiger partial charge is 0.274 e. The molecule has 19 heavy (non-hydrogen) atoms. The molecule has 0 radical (unpaired) electrons. The lowest BCUT2D eigenvalue weighted by Crippen LogP contribution is -2.43. The topological polar surface area (TPSA) is 54.5 Å². The second-order valence-corrected chi connectivity index (χ2v) is 4.62. The van der Waals surface area contributed by atoms with Crippen molar-refractivity contribution in [1.82, 2.24) is 4.90 Å². The molecule has 0 N–H and O–H groups in total. The molecule has 0 fully saturated rings. The first-order valence-corrected chi connectivity index (χ1v) is 5.94. The van der Waals surface area contributed by atoms with Crippen molar-refractivity contribution in [1.29, 1.82) is 0 Å². The molecule has 4 nitrogen and oxygen atoms in total. The molecular formula is C15H11NO3. The molecule has 3 amide bonds. The fraction of sp³-hybridized carbons (Fsp3) is 0.133. The molecule has 0 saturated heterocycles. The van der Waals surface area contributed by atoms with Crippen molar-refractivity contribution < 1.29 is 14.4 Å². The van der Waals surface area contributed by atoms with Crippen LogP contribution in [-0.2, 0) is 4.79 Å². The van der Waals surface area contributed by atoms with Gasteiger partial charge in [0.1, 0.15) is 0 Å². The average Bonchev–Trinajstić information content (AvgIpc) is 2.37. The number of rotatable bonds is 0. The number of benzene rings is 2. The zero-order valence-electron chi connectivity index (χ0n) is 10.6. The zero-order chi connectivity index (χ0) is 13.7. The summed E-state index contributed by atoms with van der Waals surface area (Å²) >= 11 is 0. The van der Waals surface area contributed by atoms with E-state index in [2.05, 4.69) is 0 Å². The Morgan fingerprint density at radius 2 is 1.63 bits per heavy atom. The van der Waals surface area contributed by atoms with Gasteiger partial charge in [-0.05, 0) is 30.0 Å². The van der Waals surface area contributed by atoms with E-state index in [1.165, 1.54) is 6.92 Å². The number of amides is 3. The van der Waals surface area contributed by atoms with E-state index in [0.29, 0.717) is 21.4 Å². The maximum atomic E-state index is 12.3. The summed E-state index contributed by atoms with van der Waals surface area (Å²) in [5, 5.41) is 1.52. The van der Waals surface area contributed by atoms with Crippen molar-refractivity contribution >= 4 is 28.5 Å². The molecule has 0 aliphatic carbocycles. The monoisotopic (exact) mass is 253 g/mol. The van der Waals surface area contributed by atoms with Gasteiger partial charge in [-0.3, -0.25) is 14.4 Å². The van der Waals surface area contributed by atoms with Gasteiger partial charge in [0.15, 0.2) is 0 Å². The maximum absolute atomic E-state index is 12.3. The summed E-state index contributed by atoms with van der Waals surface area (Å²) < 4.78 is 0. The SMILES string of the molecule is CC(=O)N1C(=O)c2cccc3c(C)ccc(c23)C1=O. The first-order chi connectivity index (χ1) is 9.02. The molecule has 1 heterocycles. The highest BCUT2D eigenvalue weighted by Crippen LogP contribution is 2.31. The highest BCUT2D eigenvalue weighted by Gasteiger charge is 2.35. The van der Waals surface area contributed by atoms with Crippen molar-refractivity contribution in [2.24, 2.45) is 0 Å². The lowest BCUT2D eigenvalue weighted by atomic mass is 9.92. The third kappa shape index (κ3) is 1.43. The normalized spacial score (nSPS) is 14.1. The molecule has 2 aromatic carbocycles. The summed E-state index contributed by atoms with van der Waals surface area (Å²) in [6.45, 7) is 3.14. The minimum Gasteiger partial charge on any atom is -0.274 e. The Bertz CT molecular complexity index is 739. The molecule has 2 aromatic rings. The lowest BCUT2D eigenvalue weighted by Gasteiger charge is -2.25. The van der Waals surface area contributed by atoms with Crippen LogP contribution in [0, 0.1) is 6.92 Å². The number of hydrogen-bond acceptors (Lipinski definition) is 3. The Morgan fingerprint density at radius 3 is 2.26 bits per heavy atom. The quantitative estimate of drug-likeness (QED) is 0.677. The maximum Gasteiger partial charge on any atom is 0.268 e. The summed E-state index contributed by atoms with van der Waals surface area (Å²) in [6.07, 6.45) is 0. The molecule has 0 spiro atoms. The second kappa shape index (κ2) is 3.75. The van der Waals surface area contributed by atoms with E-state index in [1.54, 1.807) is 18.2 Å². The fourth-order valence-electron chi connectivity index (χ4n) is 2.53. The molecule has 0 saturated carbocycles. The highest BCUT2D eigenvalue weighted by molar-refractivity contribution is 6.31. The number of carbonyl (C=O) groups excluding carboxylic acids is 3. The minimum absolute atomic E-state index is 0.408. The van der Waals surface area contributed by atoms with E-state index < -0.39 is 17.7 Å². The molecule has 1 aliphatic heterocycles. The van der Waals surface area contributed by atoms with Gasteiger partial charge in [0.25, 0.3) is 11.8 Å². The zero-order valence-corrected chi connectivity index (χ0v) is 10.6. The summed E-state index contributed by atoms with van der Waals surface area (Å²) in [4.78, 5) is 36.7. The number of imide groups is 3. The van der Waals surface area contributed by atoms with Crippen molar-refractivity contribution in [3.8, 4) is 0 Å². The highest BCUT2D eigenvalue weighted by atomic mass is 16.2. The first-order valence-electron chi connectivity index (χ1n) is 5.94. The predicted molar refractivity (Wildman–Crippen MR) is 69.9 cm³/mol. The van der Waals surface area contributed by atoms with Crippen molar-refractivity contribution in [2.75, 3.05) is 0 Å². The van der Waals surface area contributed by atoms with Crippen LogP contribution in [0.2, 0.25) is 0 Å². The van der Waals surface area contributed by atoms with Gasteiger partial charge < -0.3 is 0 Å². The van der Waals surface area contributed by atoms with Gasteiger partial charge in [-0.2, -0.15) is 0 Å². The average molecular weight is 253 g/mol. The van der Waals surface area contributed by atoms with E-state index in [1.807, 2.05) is 19.1 Å². The van der Waals surface area contributed by atoms with Crippen molar-refractivity contribution in [2.45, 2.75) is 13.8 Å². The van der Waals surface area contributed by atoms with Gasteiger partial charge in [-0.15, -0.1) is 0 Å². The number of nitrogens with zero attached hydrogens (tertiary/aromatic N) is 1. The number of carbonyl (C=O) groups is 3. The fourth-order valence-corrected chi connectivity index (χ4v) is 2.53. The van der Waals surface area contributed by atoms with Gasteiger partial charge in [-0.25, -0.2) is 4.90 Å². The van der Waals surface area contributed by atoms with Crippen LogP contribution in [0.15, 0.2) is 30.3 Å².